The average Bonchev–Trinajstić information content (AvgIpc) is 2.01. The van der Waals surface area contributed by atoms with Gasteiger partial charge in [0.15, 0.2) is 0 Å². The Labute approximate surface area is 72.3 Å². The summed E-state index contributed by atoms with van der Waals surface area (Å²) in [5.74, 6) is 0.559. The number of nitrogens with two attached hydrogens (primary N) is 1. The monoisotopic (exact) mass is 163 g/mol. The first-order valence-electron chi connectivity index (χ1n) is 3.81. The highest BCUT2D eigenvalue weighted by molar-refractivity contribution is 5.97. The number of hydrogen-bond donors (Lipinski definition) is 1. The van der Waals surface area contributed by atoms with Gasteiger partial charge in [-0.3, -0.25) is 9.98 Å². The number of rotatable bonds is 1. The van der Waals surface area contributed by atoms with Gasteiger partial charge < -0.3 is 5.73 Å². The molecule has 2 N–H and O–H groups in total. The molecule has 0 saturated heterocycles. The van der Waals surface area contributed by atoms with Crippen LogP contribution in [0.15, 0.2) is 17.1 Å². The van der Waals surface area contributed by atoms with Crippen LogP contribution in [0.25, 0.3) is 0 Å². The summed E-state index contributed by atoms with van der Waals surface area (Å²) < 4.78 is 0. The van der Waals surface area contributed by atoms with E-state index in [0.29, 0.717) is 5.84 Å². The standard InChI is InChI=1S/C9H13N3/c1-6-4-8(9(10)11-3)5-7(2)12-6/h4-5H,1-3H3,(H2,10,11). The SMILES string of the molecule is CN=C(N)c1cc(C)nc(C)c1. The lowest BCUT2D eigenvalue weighted by molar-refractivity contribution is 1.12. The fraction of sp³-hybridized carbons (Fsp3) is 0.333. The van der Waals surface area contributed by atoms with Crippen LogP contribution in [0.3, 0.4) is 0 Å². The number of hydrogen-bond acceptors (Lipinski definition) is 2. The molecule has 0 radical (unpaired) electrons. The molecule has 0 atom stereocenters. The summed E-state index contributed by atoms with van der Waals surface area (Å²) in [6, 6.07) is 3.85. The summed E-state index contributed by atoms with van der Waals surface area (Å²) in [7, 11) is 1.68. The first-order valence-corrected chi connectivity index (χ1v) is 3.81. The number of aromatic nitrogens is 1. The summed E-state index contributed by atoms with van der Waals surface area (Å²) >= 11 is 0. The lowest BCUT2D eigenvalue weighted by atomic mass is 10.2. The molecule has 1 aromatic heterocycles. The number of aryl methyl sites for hydroxylation is 2. The molecule has 0 aliphatic carbocycles. The second kappa shape index (κ2) is 3.34. The van der Waals surface area contributed by atoms with Gasteiger partial charge in [0.05, 0.1) is 0 Å². The van der Waals surface area contributed by atoms with Crippen LogP contribution in [-0.4, -0.2) is 17.9 Å². The Morgan fingerprint density at radius 3 is 2.25 bits per heavy atom. The van der Waals surface area contributed by atoms with Crippen molar-refractivity contribution in [1.82, 2.24) is 4.98 Å². The molecule has 0 saturated carbocycles. The van der Waals surface area contributed by atoms with Crippen molar-refractivity contribution in [2.24, 2.45) is 10.7 Å². The Hall–Kier alpha value is -1.38. The maximum absolute atomic E-state index is 5.65. The summed E-state index contributed by atoms with van der Waals surface area (Å²) in [5.41, 5.74) is 8.54. The normalized spacial score (nSPS) is 11.8. The van der Waals surface area contributed by atoms with Crippen molar-refractivity contribution in [3.8, 4) is 0 Å². The maximum Gasteiger partial charge on any atom is 0.125 e. The molecule has 0 unspecified atom stereocenters. The molecule has 0 bridgehead atoms. The van der Waals surface area contributed by atoms with E-state index in [1.54, 1.807) is 7.05 Å². The second-order valence-electron chi connectivity index (χ2n) is 2.75. The molecular weight excluding hydrogens is 150 g/mol. The van der Waals surface area contributed by atoms with Crippen LogP contribution in [0.1, 0.15) is 17.0 Å². The van der Waals surface area contributed by atoms with E-state index in [0.717, 1.165) is 17.0 Å². The molecule has 0 spiro atoms. The topological polar surface area (TPSA) is 51.3 Å². The molecule has 1 heterocycles. The van der Waals surface area contributed by atoms with Crippen LogP contribution in [-0.2, 0) is 0 Å². The average molecular weight is 163 g/mol. The Morgan fingerprint density at radius 2 is 1.83 bits per heavy atom. The first kappa shape index (κ1) is 8.71. The van der Waals surface area contributed by atoms with Crippen LogP contribution in [0.2, 0.25) is 0 Å². The van der Waals surface area contributed by atoms with Gasteiger partial charge in [-0.25, -0.2) is 0 Å². The summed E-state index contributed by atoms with van der Waals surface area (Å²) in [6.45, 7) is 3.89. The summed E-state index contributed by atoms with van der Waals surface area (Å²) in [5, 5.41) is 0. The van der Waals surface area contributed by atoms with Gasteiger partial charge in [-0.1, -0.05) is 0 Å². The molecule has 0 aliphatic heterocycles. The fourth-order valence-corrected chi connectivity index (χ4v) is 1.11. The van der Waals surface area contributed by atoms with E-state index in [2.05, 4.69) is 9.98 Å². The summed E-state index contributed by atoms with van der Waals surface area (Å²) in [4.78, 5) is 8.15. The molecule has 0 fully saturated rings. The molecule has 64 valence electrons. The van der Waals surface area contributed by atoms with Crippen LogP contribution in [0, 0.1) is 13.8 Å². The first-order chi connectivity index (χ1) is 5.63. The van der Waals surface area contributed by atoms with Crippen molar-refractivity contribution >= 4 is 5.84 Å². The minimum absolute atomic E-state index is 0.559. The van der Waals surface area contributed by atoms with Crippen molar-refractivity contribution < 1.29 is 0 Å². The van der Waals surface area contributed by atoms with Crippen molar-refractivity contribution in [1.29, 1.82) is 0 Å². The Balaban J connectivity index is 3.17. The van der Waals surface area contributed by atoms with Gasteiger partial charge in [-0.15, -0.1) is 0 Å². The minimum Gasteiger partial charge on any atom is -0.384 e. The van der Waals surface area contributed by atoms with E-state index in [-0.39, 0.29) is 0 Å². The third-order valence-corrected chi connectivity index (χ3v) is 1.62. The molecule has 1 aromatic rings. The third-order valence-electron chi connectivity index (χ3n) is 1.62. The van der Waals surface area contributed by atoms with Crippen LogP contribution >= 0.6 is 0 Å². The van der Waals surface area contributed by atoms with E-state index in [1.165, 1.54) is 0 Å². The lowest BCUT2D eigenvalue weighted by Crippen LogP contribution is -2.13. The lowest BCUT2D eigenvalue weighted by Gasteiger charge is -2.02. The van der Waals surface area contributed by atoms with Crippen LogP contribution in [0.4, 0.5) is 0 Å². The van der Waals surface area contributed by atoms with Crippen molar-refractivity contribution in [2.75, 3.05) is 7.05 Å². The zero-order valence-electron chi connectivity index (χ0n) is 7.63. The highest BCUT2D eigenvalue weighted by Gasteiger charge is 1.99. The van der Waals surface area contributed by atoms with E-state index < -0.39 is 0 Å². The van der Waals surface area contributed by atoms with E-state index >= 15 is 0 Å². The number of aliphatic imine (C=N–C) groups is 1. The van der Waals surface area contributed by atoms with Crippen LogP contribution < -0.4 is 5.73 Å². The van der Waals surface area contributed by atoms with Crippen molar-refractivity contribution in [3.05, 3.63) is 29.1 Å². The van der Waals surface area contributed by atoms with Gasteiger partial charge in [-0.2, -0.15) is 0 Å². The molecule has 3 nitrogen and oxygen atoms in total. The molecule has 0 amide bonds. The quantitative estimate of drug-likeness (QED) is 0.496. The molecule has 12 heavy (non-hydrogen) atoms. The van der Waals surface area contributed by atoms with Gasteiger partial charge in [0.25, 0.3) is 0 Å². The Kier molecular flexibility index (Phi) is 2.43. The smallest absolute Gasteiger partial charge is 0.125 e. The summed E-state index contributed by atoms with van der Waals surface area (Å²) in [6.07, 6.45) is 0. The van der Waals surface area contributed by atoms with E-state index in [9.17, 15) is 0 Å². The van der Waals surface area contributed by atoms with Crippen molar-refractivity contribution in [3.63, 3.8) is 0 Å². The van der Waals surface area contributed by atoms with Crippen molar-refractivity contribution in [2.45, 2.75) is 13.8 Å². The van der Waals surface area contributed by atoms with E-state index in [4.69, 9.17) is 5.73 Å². The minimum atomic E-state index is 0.559. The second-order valence-corrected chi connectivity index (χ2v) is 2.75. The third kappa shape index (κ3) is 1.81. The van der Waals surface area contributed by atoms with Gasteiger partial charge >= 0.3 is 0 Å². The number of amidine groups is 1. The highest BCUT2D eigenvalue weighted by atomic mass is 14.8. The van der Waals surface area contributed by atoms with E-state index in [1.807, 2.05) is 26.0 Å². The van der Waals surface area contributed by atoms with Gasteiger partial charge in [0, 0.05) is 24.0 Å². The Bertz CT molecular complexity index is 295. The van der Waals surface area contributed by atoms with Gasteiger partial charge in [0.1, 0.15) is 5.84 Å². The number of nitrogens with zero attached hydrogens (tertiary/aromatic N) is 2. The maximum atomic E-state index is 5.65. The highest BCUT2D eigenvalue weighted by Crippen LogP contribution is 2.03. The van der Waals surface area contributed by atoms with Crippen LogP contribution in [0.5, 0.6) is 0 Å². The van der Waals surface area contributed by atoms with Gasteiger partial charge in [0.2, 0.25) is 0 Å². The molecule has 0 aliphatic rings. The molecule has 0 aromatic carbocycles. The zero-order chi connectivity index (χ0) is 9.14. The Morgan fingerprint density at radius 1 is 1.33 bits per heavy atom. The molecule has 1 rings (SSSR count). The van der Waals surface area contributed by atoms with Gasteiger partial charge in [-0.05, 0) is 26.0 Å². The number of pyridine rings is 1. The predicted molar refractivity (Wildman–Crippen MR) is 50.4 cm³/mol. The molecule has 3 heteroatoms. The molecular formula is C9H13N3. The largest absolute Gasteiger partial charge is 0.384 e. The fourth-order valence-electron chi connectivity index (χ4n) is 1.11. The predicted octanol–water partition coefficient (Wildman–Crippen LogP) is 1.03. The zero-order valence-corrected chi connectivity index (χ0v) is 7.63.